The first-order valence-electron chi connectivity index (χ1n) is 7.45. The Hall–Kier alpha value is -2.01. The summed E-state index contributed by atoms with van der Waals surface area (Å²) in [6, 6.07) is 13.7. The highest BCUT2D eigenvalue weighted by atomic mass is 32.2. The van der Waals surface area contributed by atoms with Gasteiger partial charge in [-0.05, 0) is 35.7 Å². The molecule has 4 nitrogen and oxygen atoms in total. The second-order valence-electron chi connectivity index (χ2n) is 5.57. The lowest BCUT2D eigenvalue weighted by molar-refractivity contribution is 0.597. The van der Waals surface area contributed by atoms with Gasteiger partial charge in [0.05, 0.1) is 16.3 Å². The van der Waals surface area contributed by atoms with E-state index in [0.29, 0.717) is 5.69 Å². The number of rotatable bonds is 3. The number of nitrogens with zero attached hydrogens (tertiary/aromatic N) is 1. The van der Waals surface area contributed by atoms with E-state index in [2.05, 4.69) is 23.1 Å². The lowest BCUT2D eigenvalue weighted by Gasteiger charge is -2.31. The zero-order chi connectivity index (χ0) is 15.7. The number of benzene rings is 2. The van der Waals surface area contributed by atoms with Crippen LogP contribution in [0.1, 0.15) is 18.1 Å². The molecular formula is C17H20N2O2S. The maximum absolute atomic E-state index is 12.0. The number of anilines is 2. The van der Waals surface area contributed by atoms with Crippen LogP contribution in [0.3, 0.4) is 0 Å². The second-order valence-corrected chi connectivity index (χ2v) is 7.81. The summed E-state index contributed by atoms with van der Waals surface area (Å²) in [6.07, 6.45) is 0.991. The van der Waals surface area contributed by atoms with E-state index in [-0.39, 0.29) is 10.6 Å². The van der Waals surface area contributed by atoms with E-state index in [1.807, 2.05) is 12.1 Å². The van der Waals surface area contributed by atoms with Gasteiger partial charge in [0, 0.05) is 18.8 Å². The molecule has 0 saturated carbocycles. The molecule has 0 spiro atoms. The molecule has 116 valence electrons. The Bertz CT molecular complexity index is 800. The molecule has 22 heavy (non-hydrogen) atoms. The smallest absolute Gasteiger partial charge is 0.180 e. The Morgan fingerprint density at radius 3 is 2.55 bits per heavy atom. The van der Waals surface area contributed by atoms with Crippen molar-refractivity contribution in [1.29, 1.82) is 0 Å². The van der Waals surface area contributed by atoms with Crippen molar-refractivity contribution in [1.82, 2.24) is 0 Å². The zero-order valence-corrected chi connectivity index (χ0v) is 13.4. The minimum atomic E-state index is -3.27. The first-order chi connectivity index (χ1) is 10.5. The fourth-order valence-corrected chi connectivity index (χ4v) is 3.89. The van der Waals surface area contributed by atoms with Crippen molar-refractivity contribution < 1.29 is 8.42 Å². The van der Waals surface area contributed by atoms with Crippen LogP contribution in [0.25, 0.3) is 0 Å². The maximum Gasteiger partial charge on any atom is 0.180 e. The van der Waals surface area contributed by atoms with Crippen LogP contribution < -0.4 is 10.6 Å². The summed E-state index contributed by atoms with van der Waals surface area (Å²) in [5.41, 5.74) is 9.99. The molecular weight excluding hydrogens is 296 g/mol. The Labute approximate surface area is 131 Å². The fourth-order valence-electron chi connectivity index (χ4n) is 2.89. The van der Waals surface area contributed by atoms with Gasteiger partial charge in [0.1, 0.15) is 0 Å². The third-order valence-electron chi connectivity index (χ3n) is 4.20. The molecule has 5 heteroatoms. The highest BCUT2D eigenvalue weighted by Crippen LogP contribution is 2.29. The summed E-state index contributed by atoms with van der Waals surface area (Å²) in [7, 11) is -3.27. The van der Waals surface area contributed by atoms with Gasteiger partial charge in [0.2, 0.25) is 0 Å². The van der Waals surface area contributed by atoms with Crippen molar-refractivity contribution in [3.8, 4) is 0 Å². The molecule has 2 aromatic carbocycles. The van der Waals surface area contributed by atoms with Crippen molar-refractivity contribution in [3.05, 3.63) is 53.6 Å². The third kappa shape index (κ3) is 2.68. The van der Waals surface area contributed by atoms with Crippen LogP contribution in [0.4, 0.5) is 11.4 Å². The largest absolute Gasteiger partial charge is 0.398 e. The first kappa shape index (κ1) is 14.9. The standard InChI is InChI=1S/C17H20N2O2S/c1-2-22(20,21)17-8-7-15(11-16(17)18)19-10-9-13-5-3-4-6-14(13)12-19/h3-8,11H,2,9-10,12,18H2,1H3. The summed E-state index contributed by atoms with van der Waals surface area (Å²) in [5.74, 6) is 0.0631. The molecule has 2 N–H and O–H groups in total. The SMILES string of the molecule is CCS(=O)(=O)c1ccc(N2CCc3ccccc3C2)cc1N. The Balaban J connectivity index is 1.90. The lowest BCUT2D eigenvalue weighted by Crippen LogP contribution is -2.30. The molecule has 1 aliphatic rings. The van der Waals surface area contributed by atoms with E-state index in [1.54, 1.807) is 19.1 Å². The van der Waals surface area contributed by atoms with Crippen LogP contribution in [0.5, 0.6) is 0 Å². The maximum atomic E-state index is 12.0. The monoisotopic (exact) mass is 316 g/mol. The van der Waals surface area contributed by atoms with Crippen molar-refractivity contribution in [2.45, 2.75) is 24.8 Å². The predicted octanol–water partition coefficient (Wildman–Crippen LogP) is 2.63. The van der Waals surface area contributed by atoms with Crippen molar-refractivity contribution >= 4 is 21.2 Å². The highest BCUT2D eigenvalue weighted by Gasteiger charge is 2.19. The fraction of sp³-hybridized carbons (Fsp3) is 0.294. The van der Waals surface area contributed by atoms with E-state index in [1.165, 1.54) is 11.1 Å². The molecule has 0 amide bonds. The molecule has 0 unspecified atom stereocenters. The zero-order valence-electron chi connectivity index (χ0n) is 12.6. The molecule has 1 heterocycles. The molecule has 0 aliphatic carbocycles. The Morgan fingerprint density at radius 1 is 1.14 bits per heavy atom. The summed E-state index contributed by atoms with van der Waals surface area (Å²) in [6.45, 7) is 3.37. The number of hydrogen-bond acceptors (Lipinski definition) is 4. The number of hydrogen-bond donors (Lipinski definition) is 1. The highest BCUT2D eigenvalue weighted by molar-refractivity contribution is 7.91. The molecule has 0 fully saturated rings. The molecule has 2 aromatic rings. The lowest BCUT2D eigenvalue weighted by atomic mass is 9.99. The molecule has 0 bridgehead atoms. The Morgan fingerprint density at radius 2 is 1.86 bits per heavy atom. The van der Waals surface area contributed by atoms with Crippen LogP contribution in [0.15, 0.2) is 47.4 Å². The van der Waals surface area contributed by atoms with Gasteiger partial charge in [-0.15, -0.1) is 0 Å². The number of nitrogens with two attached hydrogens (primary N) is 1. The van der Waals surface area contributed by atoms with Gasteiger partial charge in [0.25, 0.3) is 0 Å². The number of nitrogen functional groups attached to an aromatic ring is 1. The molecule has 0 saturated heterocycles. The molecule has 0 aromatic heterocycles. The average Bonchev–Trinajstić information content (AvgIpc) is 2.54. The minimum absolute atomic E-state index is 0.0631. The normalized spacial score (nSPS) is 14.7. The van der Waals surface area contributed by atoms with Crippen LogP contribution in [0.2, 0.25) is 0 Å². The van der Waals surface area contributed by atoms with Gasteiger partial charge in [0.15, 0.2) is 9.84 Å². The van der Waals surface area contributed by atoms with Crippen LogP contribution in [-0.2, 0) is 22.8 Å². The summed E-state index contributed by atoms with van der Waals surface area (Å²) < 4.78 is 24.0. The van der Waals surface area contributed by atoms with E-state index >= 15 is 0 Å². The van der Waals surface area contributed by atoms with Gasteiger partial charge < -0.3 is 10.6 Å². The second kappa shape index (κ2) is 5.65. The van der Waals surface area contributed by atoms with Gasteiger partial charge in [-0.2, -0.15) is 0 Å². The predicted molar refractivity (Wildman–Crippen MR) is 89.8 cm³/mol. The van der Waals surface area contributed by atoms with Gasteiger partial charge in [-0.1, -0.05) is 31.2 Å². The minimum Gasteiger partial charge on any atom is -0.398 e. The summed E-state index contributed by atoms with van der Waals surface area (Å²) >= 11 is 0. The first-order valence-corrected chi connectivity index (χ1v) is 9.10. The van der Waals surface area contributed by atoms with E-state index in [4.69, 9.17) is 5.73 Å². The molecule has 0 atom stereocenters. The third-order valence-corrected chi connectivity index (χ3v) is 6.01. The Kier molecular flexibility index (Phi) is 3.83. The van der Waals surface area contributed by atoms with Crippen LogP contribution in [0, 0.1) is 0 Å². The van der Waals surface area contributed by atoms with Crippen LogP contribution in [-0.4, -0.2) is 20.7 Å². The molecule has 1 aliphatic heterocycles. The van der Waals surface area contributed by atoms with Gasteiger partial charge >= 0.3 is 0 Å². The van der Waals surface area contributed by atoms with Crippen molar-refractivity contribution in [2.75, 3.05) is 22.9 Å². The van der Waals surface area contributed by atoms with Crippen molar-refractivity contribution in [2.24, 2.45) is 0 Å². The van der Waals surface area contributed by atoms with Crippen LogP contribution >= 0.6 is 0 Å². The van der Waals surface area contributed by atoms with Gasteiger partial charge in [-0.3, -0.25) is 0 Å². The number of sulfone groups is 1. The van der Waals surface area contributed by atoms with Crippen molar-refractivity contribution in [3.63, 3.8) is 0 Å². The van der Waals surface area contributed by atoms with E-state index < -0.39 is 9.84 Å². The van der Waals surface area contributed by atoms with E-state index in [0.717, 1.165) is 25.2 Å². The summed E-state index contributed by atoms with van der Waals surface area (Å²) in [4.78, 5) is 2.47. The molecule has 3 rings (SSSR count). The molecule has 0 radical (unpaired) electrons. The average molecular weight is 316 g/mol. The summed E-state index contributed by atoms with van der Waals surface area (Å²) in [5, 5.41) is 0. The number of fused-ring (bicyclic) bond motifs is 1. The van der Waals surface area contributed by atoms with Gasteiger partial charge in [-0.25, -0.2) is 8.42 Å². The topological polar surface area (TPSA) is 63.4 Å². The van der Waals surface area contributed by atoms with E-state index in [9.17, 15) is 8.42 Å². The quantitative estimate of drug-likeness (QED) is 0.884.